The monoisotopic (exact) mass is 335 g/mol. The maximum atomic E-state index is 12.3. The highest BCUT2D eigenvalue weighted by molar-refractivity contribution is 6.21. The van der Waals surface area contributed by atoms with E-state index in [0.29, 0.717) is 23.6 Å². The summed E-state index contributed by atoms with van der Waals surface area (Å²) in [6.45, 7) is 1.27. The number of hydrogen-bond donors (Lipinski definition) is 0. The number of imide groups is 1. The van der Waals surface area contributed by atoms with Gasteiger partial charge in [0.05, 0.1) is 17.7 Å². The largest absolute Gasteiger partial charge is 0.493 e. The number of benzene rings is 2. The normalized spacial score (nSPS) is 18.2. The number of carbonyl (C=O) groups excluding carboxylic acids is 2. The second-order valence-corrected chi connectivity index (χ2v) is 6.70. The fraction of sp³-hybridized carbons (Fsp3) is 0.333. The van der Waals surface area contributed by atoms with Gasteiger partial charge in [0.25, 0.3) is 11.8 Å². The minimum absolute atomic E-state index is 0.154. The van der Waals surface area contributed by atoms with Crippen LogP contribution in [-0.2, 0) is 0 Å². The lowest BCUT2D eigenvalue weighted by atomic mass is 9.95. The molecule has 4 nitrogen and oxygen atoms in total. The van der Waals surface area contributed by atoms with Gasteiger partial charge >= 0.3 is 0 Å². The van der Waals surface area contributed by atoms with Crippen LogP contribution in [0.1, 0.15) is 57.9 Å². The maximum Gasteiger partial charge on any atom is 0.261 e. The number of nitrogens with zero attached hydrogens (tertiary/aromatic N) is 1. The average Bonchev–Trinajstić information content (AvgIpc) is 3.16. The van der Waals surface area contributed by atoms with Crippen molar-refractivity contribution in [3.05, 3.63) is 65.2 Å². The van der Waals surface area contributed by atoms with Crippen molar-refractivity contribution in [2.45, 2.75) is 31.6 Å². The molecule has 2 heterocycles. The van der Waals surface area contributed by atoms with E-state index < -0.39 is 0 Å². The SMILES string of the molecule is O=C1c2ccccc2C(=O)N1CCCCC[C@@H]1COc2ccccc21. The molecule has 1 atom stereocenters. The van der Waals surface area contributed by atoms with Crippen LogP contribution in [0.25, 0.3) is 0 Å². The summed E-state index contributed by atoms with van der Waals surface area (Å²) in [5.41, 5.74) is 2.38. The van der Waals surface area contributed by atoms with Crippen LogP contribution in [-0.4, -0.2) is 29.9 Å². The smallest absolute Gasteiger partial charge is 0.261 e. The first-order valence-corrected chi connectivity index (χ1v) is 8.92. The van der Waals surface area contributed by atoms with E-state index in [1.807, 2.05) is 12.1 Å². The molecule has 0 aliphatic carbocycles. The van der Waals surface area contributed by atoms with E-state index >= 15 is 0 Å². The molecule has 0 spiro atoms. The summed E-state index contributed by atoms with van der Waals surface area (Å²) >= 11 is 0. The molecule has 0 saturated carbocycles. The zero-order valence-electron chi connectivity index (χ0n) is 14.1. The van der Waals surface area contributed by atoms with Crippen LogP contribution < -0.4 is 4.74 Å². The molecule has 2 aliphatic heterocycles. The Morgan fingerprint density at radius 3 is 2.32 bits per heavy atom. The molecule has 2 aromatic carbocycles. The molecule has 0 aromatic heterocycles. The van der Waals surface area contributed by atoms with Crippen LogP contribution in [0.3, 0.4) is 0 Å². The molecule has 128 valence electrons. The van der Waals surface area contributed by atoms with Gasteiger partial charge in [0.15, 0.2) is 0 Å². The zero-order valence-corrected chi connectivity index (χ0v) is 14.1. The molecule has 4 rings (SSSR count). The summed E-state index contributed by atoms with van der Waals surface area (Å²) in [6, 6.07) is 15.3. The lowest BCUT2D eigenvalue weighted by Gasteiger charge is -2.14. The van der Waals surface area contributed by atoms with Gasteiger partial charge in [-0.25, -0.2) is 0 Å². The van der Waals surface area contributed by atoms with Crippen molar-refractivity contribution in [2.75, 3.05) is 13.2 Å². The van der Waals surface area contributed by atoms with Crippen LogP contribution in [0.15, 0.2) is 48.5 Å². The molecule has 0 saturated heterocycles. The van der Waals surface area contributed by atoms with Crippen LogP contribution in [0.5, 0.6) is 5.75 Å². The van der Waals surface area contributed by atoms with Gasteiger partial charge in [-0.3, -0.25) is 14.5 Å². The van der Waals surface area contributed by atoms with Crippen LogP contribution in [0.4, 0.5) is 0 Å². The molecule has 2 aliphatic rings. The van der Waals surface area contributed by atoms with Gasteiger partial charge < -0.3 is 4.74 Å². The molecule has 2 aromatic rings. The Hall–Kier alpha value is -2.62. The van der Waals surface area contributed by atoms with Crippen molar-refractivity contribution in [3.63, 3.8) is 0 Å². The quantitative estimate of drug-likeness (QED) is 0.592. The molecule has 0 bridgehead atoms. The minimum atomic E-state index is -0.154. The maximum absolute atomic E-state index is 12.3. The van der Waals surface area contributed by atoms with Gasteiger partial charge in [0.1, 0.15) is 5.75 Å². The summed E-state index contributed by atoms with van der Waals surface area (Å²) in [5.74, 6) is 1.17. The molecule has 0 N–H and O–H groups in total. The number of unbranched alkanes of at least 4 members (excludes halogenated alkanes) is 2. The third-order valence-corrected chi connectivity index (χ3v) is 5.11. The summed E-state index contributed by atoms with van der Waals surface area (Å²) in [7, 11) is 0. The highest BCUT2D eigenvalue weighted by Gasteiger charge is 2.34. The molecule has 0 fully saturated rings. The predicted octanol–water partition coefficient (Wildman–Crippen LogP) is 4.02. The Bertz CT molecular complexity index is 779. The van der Waals surface area contributed by atoms with Crippen molar-refractivity contribution < 1.29 is 14.3 Å². The molecule has 0 radical (unpaired) electrons. The van der Waals surface area contributed by atoms with Gasteiger partial charge in [-0.2, -0.15) is 0 Å². The van der Waals surface area contributed by atoms with Gasteiger partial charge in [0.2, 0.25) is 0 Å². The number of rotatable bonds is 6. The standard InChI is InChI=1S/C21H21NO3/c23-20-17-10-3-4-11-18(17)21(24)22(20)13-7-1-2-8-15-14-25-19-12-6-5-9-16(15)19/h3-6,9-12,15H,1-2,7-8,13-14H2/t15-/m1/s1. The van der Waals surface area contributed by atoms with Crippen molar-refractivity contribution >= 4 is 11.8 Å². The number of hydrogen-bond acceptors (Lipinski definition) is 3. The van der Waals surface area contributed by atoms with Crippen molar-refractivity contribution in [1.82, 2.24) is 4.90 Å². The van der Waals surface area contributed by atoms with E-state index in [9.17, 15) is 9.59 Å². The summed E-state index contributed by atoms with van der Waals surface area (Å²) < 4.78 is 5.72. The highest BCUT2D eigenvalue weighted by atomic mass is 16.5. The van der Waals surface area contributed by atoms with Gasteiger partial charge in [0, 0.05) is 18.0 Å². The fourth-order valence-electron chi connectivity index (χ4n) is 3.75. The Morgan fingerprint density at radius 2 is 1.56 bits per heavy atom. The van der Waals surface area contributed by atoms with Gasteiger partial charge in [-0.05, 0) is 31.0 Å². The van der Waals surface area contributed by atoms with Gasteiger partial charge in [-0.1, -0.05) is 43.2 Å². The predicted molar refractivity (Wildman–Crippen MR) is 95.0 cm³/mol. The first-order valence-electron chi connectivity index (χ1n) is 8.92. The first-order chi connectivity index (χ1) is 12.3. The van der Waals surface area contributed by atoms with E-state index in [4.69, 9.17) is 4.74 Å². The number of fused-ring (bicyclic) bond motifs is 2. The van der Waals surface area contributed by atoms with E-state index in [0.717, 1.165) is 38.0 Å². The molecule has 25 heavy (non-hydrogen) atoms. The number of ether oxygens (including phenoxy) is 1. The van der Waals surface area contributed by atoms with Gasteiger partial charge in [-0.15, -0.1) is 0 Å². The Morgan fingerprint density at radius 1 is 0.880 bits per heavy atom. The number of para-hydroxylation sites is 1. The average molecular weight is 335 g/mol. The summed E-state index contributed by atoms with van der Waals surface area (Å²) in [5, 5.41) is 0. The van der Waals surface area contributed by atoms with Crippen LogP contribution in [0.2, 0.25) is 0 Å². The van der Waals surface area contributed by atoms with Crippen molar-refractivity contribution in [3.8, 4) is 5.75 Å². The molecule has 0 unspecified atom stereocenters. The second kappa shape index (κ2) is 6.71. The molecule has 2 amide bonds. The topological polar surface area (TPSA) is 46.6 Å². The Balaban J connectivity index is 1.25. The van der Waals surface area contributed by atoms with E-state index in [-0.39, 0.29) is 11.8 Å². The third-order valence-electron chi connectivity index (χ3n) is 5.11. The minimum Gasteiger partial charge on any atom is -0.493 e. The van der Waals surface area contributed by atoms with E-state index in [1.54, 1.807) is 24.3 Å². The van der Waals surface area contributed by atoms with Crippen LogP contribution >= 0.6 is 0 Å². The summed E-state index contributed by atoms with van der Waals surface area (Å²) in [4.78, 5) is 26.0. The molecule has 4 heteroatoms. The van der Waals surface area contributed by atoms with E-state index in [2.05, 4.69) is 12.1 Å². The van der Waals surface area contributed by atoms with Crippen molar-refractivity contribution in [2.24, 2.45) is 0 Å². The third kappa shape index (κ3) is 2.93. The number of amides is 2. The lowest BCUT2D eigenvalue weighted by Crippen LogP contribution is -2.30. The summed E-state index contributed by atoms with van der Waals surface area (Å²) in [6.07, 6.45) is 4.01. The Kier molecular flexibility index (Phi) is 4.26. The Labute approximate surface area is 147 Å². The fourth-order valence-corrected chi connectivity index (χ4v) is 3.75. The van der Waals surface area contributed by atoms with Crippen LogP contribution in [0, 0.1) is 0 Å². The molecular weight excluding hydrogens is 314 g/mol. The number of carbonyl (C=O) groups is 2. The van der Waals surface area contributed by atoms with Crippen molar-refractivity contribution in [1.29, 1.82) is 0 Å². The lowest BCUT2D eigenvalue weighted by molar-refractivity contribution is 0.0651. The second-order valence-electron chi connectivity index (χ2n) is 6.70. The van der Waals surface area contributed by atoms with E-state index in [1.165, 1.54) is 10.5 Å². The zero-order chi connectivity index (χ0) is 17.2. The highest BCUT2D eigenvalue weighted by Crippen LogP contribution is 2.36. The first kappa shape index (κ1) is 15.9. The molecular formula is C21H21NO3.